The first-order chi connectivity index (χ1) is 15.2. The Morgan fingerprint density at radius 2 is 1.88 bits per heavy atom. The number of sulfonamides is 1. The van der Waals surface area contributed by atoms with Crippen LogP contribution in [0.25, 0.3) is 11.4 Å². The van der Waals surface area contributed by atoms with Crippen LogP contribution in [-0.2, 0) is 21.0 Å². The summed E-state index contributed by atoms with van der Waals surface area (Å²) in [6.07, 6.45) is -3.68. The molecular weight excluding hydrogens is 463 g/mol. The normalized spacial score (nSPS) is 16.2. The number of carbonyl (C=O) groups excluding carboxylic acids is 1. The van der Waals surface area contributed by atoms with Gasteiger partial charge in [0.05, 0.1) is 11.1 Å². The molecule has 2 aromatic rings. The second-order valence-corrected chi connectivity index (χ2v) is 10.5. The number of nitrogens with zero attached hydrogens (tertiary/aromatic N) is 4. The zero-order valence-corrected chi connectivity index (χ0v) is 19.2. The number of nitrogens with one attached hydrogen (secondary N) is 2. The maximum absolute atomic E-state index is 13.6. The van der Waals surface area contributed by atoms with E-state index >= 15 is 0 Å². The predicted molar refractivity (Wildman–Crippen MR) is 113 cm³/mol. The van der Waals surface area contributed by atoms with E-state index in [1.807, 2.05) is 20.8 Å². The largest absolute Gasteiger partial charge is 0.417 e. The first-order valence-corrected chi connectivity index (χ1v) is 11.8. The minimum Gasteiger partial charge on any atom is -0.371 e. The van der Waals surface area contributed by atoms with Crippen LogP contribution in [0, 0.1) is 11.3 Å². The van der Waals surface area contributed by atoms with E-state index in [4.69, 9.17) is 5.14 Å². The van der Waals surface area contributed by atoms with Gasteiger partial charge in [0.2, 0.25) is 21.8 Å². The summed E-state index contributed by atoms with van der Waals surface area (Å²) in [5, 5.41) is 21.1. The summed E-state index contributed by atoms with van der Waals surface area (Å²) in [5.74, 6) is -0.196. The van der Waals surface area contributed by atoms with E-state index in [-0.39, 0.29) is 28.9 Å². The van der Waals surface area contributed by atoms with Gasteiger partial charge in [0.15, 0.2) is 0 Å². The Morgan fingerprint density at radius 3 is 2.36 bits per heavy atom. The number of H-pyrrole nitrogens is 1. The van der Waals surface area contributed by atoms with Gasteiger partial charge in [0.1, 0.15) is 4.90 Å². The third kappa shape index (κ3) is 5.61. The monoisotopic (exact) mass is 489 g/mol. The van der Waals surface area contributed by atoms with Crippen molar-refractivity contribution in [1.29, 1.82) is 0 Å². The third-order valence-corrected chi connectivity index (χ3v) is 6.48. The molecule has 0 atom stereocenters. The van der Waals surface area contributed by atoms with Crippen LogP contribution >= 0.6 is 0 Å². The molecule has 1 saturated heterocycles. The van der Waals surface area contributed by atoms with Crippen molar-refractivity contribution < 1.29 is 26.4 Å². The summed E-state index contributed by atoms with van der Waals surface area (Å²) in [4.78, 5) is 12.8. The smallest absolute Gasteiger partial charge is 0.371 e. The van der Waals surface area contributed by atoms with E-state index in [1.54, 1.807) is 4.90 Å². The molecule has 0 unspecified atom stereocenters. The van der Waals surface area contributed by atoms with Gasteiger partial charge in [-0.2, -0.15) is 18.4 Å². The van der Waals surface area contributed by atoms with Crippen molar-refractivity contribution in [2.45, 2.75) is 44.7 Å². The lowest BCUT2D eigenvalue weighted by molar-refractivity contribution is -0.139. The van der Waals surface area contributed by atoms with Gasteiger partial charge in [0.25, 0.3) is 0 Å². The Balaban J connectivity index is 1.93. The SMILES string of the molecule is CC(C)(C)C(=O)NCC1CCN(c2ccc(C(F)(F)F)c(S(N)(=O)=O)c2-c2nn[nH]n2)CC1. The Labute approximate surface area is 189 Å². The lowest BCUT2D eigenvalue weighted by atomic mass is 9.93. The van der Waals surface area contributed by atoms with Crippen LogP contribution in [-0.4, -0.2) is 54.6 Å². The molecule has 14 heteroatoms. The number of nitrogens with two attached hydrogens (primary N) is 1. The number of hydrogen-bond donors (Lipinski definition) is 3. The van der Waals surface area contributed by atoms with Crippen LogP contribution < -0.4 is 15.4 Å². The van der Waals surface area contributed by atoms with Gasteiger partial charge < -0.3 is 10.2 Å². The average molecular weight is 490 g/mol. The van der Waals surface area contributed by atoms with Crippen molar-refractivity contribution >= 4 is 21.6 Å². The van der Waals surface area contributed by atoms with Gasteiger partial charge in [0, 0.05) is 30.7 Å². The van der Waals surface area contributed by atoms with Crippen LogP contribution in [0.3, 0.4) is 0 Å². The molecule has 0 radical (unpaired) electrons. The van der Waals surface area contributed by atoms with Crippen molar-refractivity contribution in [3.63, 3.8) is 0 Å². The molecule has 0 bridgehead atoms. The highest BCUT2D eigenvalue weighted by Gasteiger charge is 2.40. The van der Waals surface area contributed by atoms with E-state index in [0.717, 1.165) is 0 Å². The lowest BCUT2D eigenvalue weighted by Gasteiger charge is -2.35. The standard InChI is InChI=1S/C19H26F3N7O3S/c1-18(2,3)17(30)24-10-11-6-8-29(9-7-11)13-5-4-12(19(20,21)22)15(33(23,31)32)14(13)16-25-27-28-26-16/h4-5,11H,6-10H2,1-3H3,(H,24,30)(H2,23,31,32)(H,25,26,27,28). The van der Waals surface area contributed by atoms with Crippen LogP contribution in [0.5, 0.6) is 0 Å². The summed E-state index contributed by atoms with van der Waals surface area (Å²) in [5.41, 5.74) is -2.04. The van der Waals surface area contributed by atoms with Crippen LogP contribution in [0.1, 0.15) is 39.2 Å². The molecule has 182 valence electrons. The average Bonchev–Trinajstić information content (AvgIpc) is 3.24. The molecule has 1 fully saturated rings. The molecule has 0 spiro atoms. The number of halogens is 3. The number of hydrogen-bond acceptors (Lipinski definition) is 7. The molecule has 33 heavy (non-hydrogen) atoms. The number of benzene rings is 1. The number of aromatic nitrogens is 4. The molecule has 1 aromatic carbocycles. The summed E-state index contributed by atoms with van der Waals surface area (Å²) in [6.45, 7) is 6.79. The van der Waals surface area contributed by atoms with Crippen molar-refractivity contribution in [3.05, 3.63) is 17.7 Å². The molecule has 2 heterocycles. The number of carbonyl (C=O) groups is 1. The van der Waals surface area contributed by atoms with Gasteiger partial charge in [-0.05, 0) is 36.1 Å². The fourth-order valence-corrected chi connectivity index (χ4v) is 4.69. The van der Waals surface area contributed by atoms with E-state index < -0.39 is 32.1 Å². The van der Waals surface area contributed by atoms with Gasteiger partial charge in [-0.1, -0.05) is 20.8 Å². The quantitative estimate of drug-likeness (QED) is 0.581. The number of piperidine rings is 1. The molecule has 3 rings (SSSR count). The number of aromatic amines is 1. The van der Waals surface area contributed by atoms with Crippen LogP contribution in [0.2, 0.25) is 0 Å². The van der Waals surface area contributed by atoms with Gasteiger partial charge >= 0.3 is 6.18 Å². The number of primary sulfonamides is 1. The Bertz CT molecular complexity index is 1100. The third-order valence-electron chi connectivity index (χ3n) is 5.48. The molecule has 1 amide bonds. The molecule has 4 N–H and O–H groups in total. The Hall–Kier alpha value is -2.74. The van der Waals surface area contributed by atoms with Crippen molar-refractivity contribution in [3.8, 4) is 11.4 Å². The second kappa shape index (κ2) is 8.89. The van der Waals surface area contributed by atoms with E-state index in [9.17, 15) is 26.4 Å². The molecular formula is C19H26F3N7O3S. The number of rotatable bonds is 5. The maximum atomic E-state index is 13.6. The first kappa shape index (κ1) is 24.9. The summed E-state index contributed by atoms with van der Waals surface area (Å²) in [6, 6.07) is 1.90. The van der Waals surface area contributed by atoms with Crippen LogP contribution in [0.15, 0.2) is 17.0 Å². The maximum Gasteiger partial charge on any atom is 0.417 e. The highest BCUT2D eigenvalue weighted by atomic mass is 32.2. The van der Waals surface area contributed by atoms with E-state index in [0.29, 0.717) is 38.5 Å². The minimum absolute atomic E-state index is 0.0649. The summed E-state index contributed by atoms with van der Waals surface area (Å²) < 4.78 is 65.4. The van der Waals surface area contributed by atoms with E-state index in [1.165, 1.54) is 6.07 Å². The predicted octanol–water partition coefficient (Wildman–Crippen LogP) is 1.91. The van der Waals surface area contributed by atoms with Gasteiger partial charge in [-0.3, -0.25) is 4.79 Å². The van der Waals surface area contributed by atoms with Crippen molar-refractivity contribution in [2.24, 2.45) is 16.5 Å². The van der Waals surface area contributed by atoms with Crippen molar-refractivity contribution in [1.82, 2.24) is 25.9 Å². The highest BCUT2D eigenvalue weighted by molar-refractivity contribution is 7.89. The number of tetrazole rings is 1. The Kier molecular flexibility index (Phi) is 6.71. The van der Waals surface area contributed by atoms with E-state index in [2.05, 4.69) is 25.9 Å². The first-order valence-electron chi connectivity index (χ1n) is 10.2. The zero-order chi connectivity index (χ0) is 24.6. The van der Waals surface area contributed by atoms with Crippen LogP contribution in [0.4, 0.5) is 18.9 Å². The van der Waals surface area contributed by atoms with Gasteiger partial charge in [-0.25, -0.2) is 13.6 Å². The molecule has 0 saturated carbocycles. The molecule has 1 aliphatic heterocycles. The minimum atomic E-state index is -4.96. The summed E-state index contributed by atoms with van der Waals surface area (Å²) in [7, 11) is -4.79. The highest BCUT2D eigenvalue weighted by Crippen LogP contribution is 2.43. The fourth-order valence-electron chi connectivity index (χ4n) is 3.72. The number of amides is 1. The topological polar surface area (TPSA) is 147 Å². The Morgan fingerprint density at radius 1 is 1.24 bits per heavy atom. The molecule has 1 aromatic heterocycles. The van der Waals surface area contributed by atoms with Crippen molar-refractivity contribution in [2.75, 3.05) is 24.5 Å². The number of anilines is 1. The summed E-state index contributed by atoms with van der Waals surface area (Å²) >= 11 is 0. The lowest BCUT2D eigenvalue weighted by Crippen LogP contribution is -2.42. The zero-order valence-electron chi connectivity index (χ0n) is 18.4. The molecule has 1 aliphatic rings. The molecule has 0 aliphatic carbocycles. The fraction of sp³-hybridized carbons (Fsp3) is 0.579. The molecule has 10 nitrogen and oxygen atoms in total. The second-order valence-electron chi connectivity index (χ2n) is 9.01. The number of alkyl halides is 3. The van der Waals surface area contributed by atoms with Gasteiger partial charge in [-0.15, -0.1) is 10.2 Å².